The molecule has 0 amide bonds. The summed E-state index contributed by atoms with van der Waals surface area (Å²) in [6.07, 6.45) is 5.70. The van der Waals surface area contributed by atoms with Crippen molar-refractivity contribution in [3.8, 4) is 0 Å². The van der Waals surface area contributed by atoms with Crippen molar-refractivity contribution >= 4 is 0 Å². The maximum Gasteiger partial charge on any atom is 0.0597 e. The van der Waals surface area contributed by atoms with Crippen LogP contribution < -0.4 is 5.32 Å². The van der Waals surface area contributed by atoms with E-state index in [-0.39, 0.29) is 0 Å². The molecule has 1 heterocycles. The lowest BCUT2D eigenvalue weighted by Crippen LogP contribution is -2.41. The van der Waals surface area contributed by atoms with Crippen LogP contribution in [0.15, 0.2) is 18.2 Å². The quantitative estimate of drug-likeness (QED) is 0.917. The standard InChI is InChI=1S/C19H29NO/c1-12-13(2)21-14(3)19(12)18(20-4)11-15-8-9-16-6-5-7-17(16)10-15/h8-10,12-14,18-20H,5-7,11H2,1-4H3. The van der Waals surface area contributed by atoms with Crippen LogP contribution in [0.3, 0.4) is 0 Å². The molecular weight excluding hydrogens is 258 g/mol. The molecule has 0 aromatic heterocycles. The Balaban J connectivity index is 1.75. The predicted molar refractivity (Wildman–Crippen MR) is 87.7 cm³/mol. The van der Waals surface area contributed by atoms with E-state index in [2.05, 4.69) is 51.3 Å². The molecule has 0 radical (unpaired) electrons. The molecule has 2 heteroatoms. The number of likely N-dealkylation sites (N-methyl/N-ethyl adjacent to an activating group) is 1. The summed E-state index contributed by atoms with van der Waals surface area (Å²) in [5.74, 6) is 1.21. The summed E-state index contributed by atoms with van der Waals surface area (Å²) < 4.78 is 6.04. The Labute approximate surface area is 129 Å². The van der Waals surface area contributed by atoms with Gasteiger partial charge in [-0.1, -0.05) is 25.1 Å². The van der Waals surface area contributed by atoms with Crippen molar-refractivity contribution < 1.29 is 4.74 Å². The maximum atomic E-state index is 6.04. The summed E-state index contributed by atoms with van der Waals surface area (Å²) in [6.45, 7) is 6.78. The summed E-state index contributed by atoms with van der Waals surface area (Å²) >= 11 is 0. The van der Waals surface area contributed by atoms with Crippen LogP contribution in [-0.4, -0.2) is 25.3 Å². The lowest BCUT2D eigenvalue weighted by molar-refractivity contribution is 0.0479. The Kier molecular flexibility index (Phi) is 4.37. The van der Waals surface area contributed by atoms with Crippen molar-refractivity contribution in [2.75, 3.05) is 7.05 Å². The van der Waals surface area contributed by atoms with Gasteiger partial charge in [-0.2, -0.15) is 0 Å². The number of rotatable bonds is 4. The number of hydrogen-bond donors (Lipinski definition) is 1. The molecule has 1 N–H and O–H groups in total. The minimum atomic E-state index is 0.349. The average molecular weight is 287 g/mol. The molecule has 0 bridgehead atoms. The second kappa shape index (κ2) is 6.10. The second-order valence-electron chi connectivity index (χ2n) is 7.04. The van der Waals surface area contributed by atoms with Gasteiger partial charge in [0.25, 0.3) is 0 Å². The topological polar surface area (TPSA) is 21.3 Å². The molecule has 3 rings (SSSR count). The molecule has 1 aliphatic carbocycles. The first-order valence-electron chi connectivity index (χ1n) is 8.53. The molecule has 0 spiro atoms. The first-order chi connectivity index (χ1) is 10.1. The third-order valence-corrected chi connectivity index (χ3v) is 5.77. The second-order valence-corrected chi connectivity index (χ2v) is 7.04. The highest BCUT2D eigenvalue weighted by atomic mass is 16.5. The molecule has 1 fully saturated rings. The number of ether oxygens (including phenoxy) is 1. The van der Waals surface area contributed by atoms with Crippen LogP contribution in [-0.2, 0) is 24.0 Å². The number of aryl methyl sites for hydroxylation is 2. The van der Waals surface area contributed by atoms with Crippen LogP contribution in [0.1, 0.15) is 43.9 Å². The zero-order chi connectivity index (χ0) is 15.0. The summed E-state index contributed by atoms with van der Waals surface area (Å²) in [4.78, 5) is 0. The van der Waals surface area contributed by atoms with Crippen molar-refractivity contribution in [1.82, 2.24) is 5.32 Å². The smallest absolute Gasteiger partial charge is 0.0597 e. The first kappa shape index (κ1) is 15.1. The summed E-state index contributed by atoms with van der Waals surface area (Å²) in [7, 11) is 2.10. The fraction of sp³-hybridized carbons (Fsp3) is 0.684. The maximum absolute atomic E-state index is 6.04. The third kappa shape index (κ3) is 2.89. The Morgan fingerprint density at radius 2 is 1.90 bits per heavy atom. The zero-order valence-corrected chi connectivity index (χ0v) is 13.9. The van der Waals surface area contributed by atoms with Crippen LogP contribution in [0.25, 0.3) is 0 Å². The Bertz CT molecular complexity index is 498. The highest BCUT2D eigenvalue weighted by Gasteiger charge is 2.41. The van der Waals surface area contributed by atoms with E-state index in [4.69, 9.17) is 4.74 Å². The lowest BCUT2D eigenvalue weighted by Gasteiger charge is -2.29. The van der Waals surface area contributed by atoms with Crippen molar-refractivity contribution in [2.45, 2.75) is 64.7 Å². The molecule has 116 valence electrons. The Hall–Kier alpha value is -0.860. The summed E-state index contributed by atoms with van der Waals surface area (Å²) in [5.41, 5.74) is 4.63. The van der Waals surface area contributed by atoms with E-state index in [1.807, 2.05) is 0 Å². The molecule has 2 aliphatic rings. The number of fused-ring (bicyclic) bond motifs is 1. The van der Waals surface area contributed by atoms with Crippen LogP contribution >= 0.6 is 0 Å². The van der Waals surface area contributed by atoms with E-state index in [1.165, 1.54) is 24.8 Å². The molecule has 1 saturated heterocycles. The van der Waals surface area contributed by atoms with E-state index in [1.54, 1.807) is 11.1 Å². The van der Waals surface area contributed by atoms with Gasteiger partial charge in [0, 0.05) is 12.0 Å². The lowest BCUT2D eigenvalue weighted by atomic mass is 9.81. The Morgan fingerprint density at radius 1 is 1.14 bits per heavy atom. The highest BCUT2D eigenvalue weighted by Crippen LogP contribution is 2.35. The monoisotopic (exact) mass is 287 g/mol. The van der Waals surface area contributed by atoms with Gasteiger partial charge in [0.05, 0.1) is 12.2 Å². The van der Waals surface area contributed by atoms with Gasteiger partial charge in [-0.25, -0.2) is 0 Å². The van der Waals surface area contributed by atoms with Crippen LogP contribution in [0.5, 0.6) is 0 Å². The van der Waals surface area contributed by atoms with Gasteiger partial charge >= 0.3 is 0 Å². The first-order valence-corrected chi connectivity index (χ1v) is 8.53. The van der Waals surface area contributed by atoms with Crippen LogP contribution in [0.4, 0.5) is 0 Å². The van der Waals surface area contributed by atoms with Crippen molar-refractivity contribution in [2.24, 2.45) is 11.8 Å². The molecule has 0 saturated carbocycles. The molecular formula is C19H29NO. The van der Waals surface area contributed by atoms with Gasteiger partial charge in [0.2, 0.25) is 0 Å². The fourth-order valence-corrected chi connectivity index (χ4v) is 4.42. The van der Waals surface area contributed by atoms with Crippen molar-refractivity contribution in [3.63, 3.8) is 0 Å². The van der Waals surface area contributed by atoms with Crippen LogP contribution in [0, 0.1) is 11.8 Å². The minimum absolute atomic E-state index is 0.349. The van der Waals surface area contributed by atoms with Gasteiger partial charge in [-0.15, -0.1) is 0 Å². The molecule has 1 aliphatic heterocycles. The van der Waals surface area contributed by atoms with Gasteiger partial charge < -0.3 is 10.1 Å². The molecule has 1 aromatic carbocycles. The van der Waals surface area contributed by atoms with Gasteiger partial charge in [-0.05, 0) is 69.2 Å². The SMILES string of the molecule is CNC(Cc1ccc2c(c1)CCC2)C1C(C)OC(C)C1C. The highest BCUT2D eigenvalue weighted by molar-refractivity contribution is 5.35. The molecule has 21 heavy (non-hydrogen) atoms. The Morgan fingerprint density at radius 3 is 2.57 bits per heavy atom. The molecule has 5 atom stereocenters. The van der Waals surface area contributed by atoms with E-state index in [9.17, 15) is 0 Å². The van der Waals surface area contributed by atoms with E-state index >= 15 is 0 Å². The van der Waals surface area contributed by atoms with Gasteiger partial charge in [-0.3, -0.25) is 0 Å². The third-order valence-electron chi connectivity index (χ3n) is 5.77. The van der Waals surface area contributed by atoms with Gasteiger partial charge in [0.15, 0.2) is 0 Å². The average Bonchev–Trinajstić information content (AvgIpc) is 3.02. The number of hydrogen-bond acceptors (Lipinski definition) is 2. The summed E-state index contributed by atoms with van der Waals surface area (Å²) in [6, 6.07) is 7.63. The zero-order valence-electron chi connectivity index (χ0n) is 13.9. The van der Waals surface area contributed by atoms with E-state index < -0.39 is 0 Å². The van der Waals surface area contributed by atoms with Crippen LogP contribution in [0.2, 0.25) is 0 Å². The molecule has 2 nitrogen and oxygen atoms in total. The normalized spacial score (nSPS) is 33.1. The van der Waals surface area contributed by atoms with Crippen molar-refractivity contribution in [1.29, 1.82) is 0 Å². The minimum Gasteiger partial charge on any atom is -0.375 e. The molecule has 5 unspecified atom stereocenters. The summed E-state index contributed by atoms with van der Waals surface area (Å²) in [5, 5.41) is 3.56. The number of benzene rings is 1. The van der Waals surface area contributed by atoms with E-state index in [0.29, 0.717) is 30.1 Å². The predicted octanol–water partition coefficient (Wildman–Crippen LogP) is 3.37. The fourth-order valence-electron chi connectivity index (χ4n) is 4.42. The van der Waals surface area contributed by atoms with E-state index in [0.717, 1.165) is 6.42 Å². The van der Waals surface area contributed by atoms with Crippen molar-refractivity contribution in [3.05, 3.63) is 34.9 Å². The molecule has 1 aromatic rings. The largest absolute Gasteiger partial charge is 0.375 e. The number of nitrogens with one attached hydrogen (secondary N) is 1. The van der Waals surface area contributed by atoms with Gasteiger partial charge in [0.1, 0.15) is 0 Å².